The van der Waals surface area contributed by atoms with E-state index in [4.69, 9.17) is 15.6 Å². The number of esters is 1. The molecule has 3 N–H and O–H groups in total. The molecule has 0 spiro atoms. The second kappa shape index (κ2) is 25.5. The van der Waals surface area contributed by atoms with Gasteiger partial charge in [0.15, 0.2) is 0 Å². The zero-order valence-corrected chi connectivity index (χ0v) is 21.7. The summed E-state index contributed by atoms with van der Waals surface area (Å²) in [5.74, 6) is -0.721. The van der Waals surface area contributed by atoms with Crippen molar-refractivity contribution in [1.29, 1.82) is 0 Å². The molecule has 0 unspecified atom stereocenters. The molecule has 0 radical (unpaired) electrons. The lowest BCUT2D eigenvalue weighted by molar-refractivity contribution is -0.144. The van der Waals surface area contributed by atoms with Crippen molar-refractivity contribution in [2.24, 2.45) is 5.73 Å². The molecule has 0 amide bonds. The summed E-state index contributed by atoms with van der Waals surface area (Å²) in [6.45, 7) is 6.64. The zero-order chi connectivity index (χ0) is 24.4. The van der Waals surface area contributed by atoms with Crippen LogP contribution in [0.3, 0.4) is 0 Å². The number of carbonyl (C=O) groups is 2. The number of hydrogen-bond acceptors (Lipinski definition) is 5. The Kier molecular flexibility index (Phi) is 24.6. The van der Waals surface area contributed by atoms with Crippen LogP contribution in [0.5, 0.6) is 0 Å². The van der Waals surface area contributed by atoms with Gasteiger partial charge in [0.2, 0.25) is 0 Å². The SMILES string of the molecule is CCCCCCCCCOC(=O)CCCCCCCN(CCN)CCCCCCCC(=O)O. The van der Waals surface area contributed by atoms with Crippen LogP contribution < -0.4 is 5.73 Å². The molecule has 0 atom stereocenters. The van der Waals surface area contributed by atoms with Crippen LogP contribution in [0.2, 0.25) is 0 Å². The van der Waals surface area contributed by atoms with E-state index < -0.39 is 5.97 Å². The number of carboxylic acid groups (broad SMARTS) is 1. The molecule has 0 saturated heterocycles. The van der Waals surface area contributed by atoms with E-state index in [0.717, 1.165) is 71.0 Å². The van der Waals surface area contributed by atoms with Crippen molar-refractivity contribution in [3.63, 3.8) is 0 Å². The molecular formula is C27H54N2O4. The highest BCUT2D eigenvalue weighted by molar-refractivity contribution is 5.69. The van der Waals surface area contributed by atoms with E-state index in [0.29, 0.717) is 26.0 Å². The lowest BCUT2D eigenvalue weighted by atomic mass is 10.1. The van der Waals surface area contributed by atoms with Crippen molar-refractivity contribution in [1.82, 2.24) is 4.90 Å². The van der Waals surface area contributed by atoms with Gasteiger partial charge < -0.3 is 20.5 Å². The van der Waals surface area contributed by atoms with Crippen LogP contribution >= 0.6 is 0 Å². The van der Waals surface area contributed by atoms with Crippen molar-refractivity contribution >= 4 is 11.9 Å². The van der Waals surface area contributed by atoms with Crippen molar-refractivity contribution in [3.8, 4) is 0 Å². The maximum atomic E-state index is 11.8. The van der Waals surface area contributed by atoms with Crippen LogP contribution in [0.4, 0.5) is 0 Å². The smallest absolute Gasteiger partial charge is 0.305 e. The Morgan fingerprint density at radius 3 is 1.70 bits per heavy atom. The summed E-state index contributed by atoms with van der Waals surface area (Å²) in [6, 6.07) is 0. The molecule has 0 bridgehead atoms. The van der Waals surface area contributed by atoms with E-state index in [-0.39, 0.29) is 5.97 Å². The predicted octanol–water partition coefficient (Wildman–Crippen LogP) is 6.31. The minimum atomic E-state index is -0.692. The molecule has 6 heteroatoms. The number of nitrogens with zero attached hydrogens (tertiary/aromatic N) is 1. The first kappa shape index (κ1) is 31.9. The summed E-state index contributed by atoms with van der Waals surface area (Å²) >= 11 is 0. The van der Waals surface area contributed by atoms with Gasteiger partial charge in [0.25, 0.3) is 0 Å². The third kappa shape index (κ3) is 25.3. The van der Waals surface area contributed by atoms with Crippen molar-refractivity contribution < 1.29 is 19.4 Å². The molecule has 0 fully saturated rings. The molecular weight excluding hydrogens is 416 g/mol. The third-order valence-electron chi connectivity index (χ3n) is 6.18. The van der Waals surface area contributed by atoms with Gasteiger partial charge in [0, 0.05) is 25.9 Å². The first-order valence-electron chi connectivity index (χ1n) is 13.9. The number of hydrogen-bond donors (Lipinski definition) is 2. The Hall–Kier alpha value is -1.14. The molecule has 6 nitrogen and oxygen atoms in total. The second-order valence-corrected chi connectivity index (χ2v) is 9.40. The van der Waals surface area contributed by atoms with Gasteiger partial charge in [0.05, 0.1) is 6.61 Å². The van der Waals surface area contributed by atoms with Crippen molar-refractivity contribution in [2.45, 2.75) is 129 Å². The highest BCUT2D eigenvalue weighted by atomic mass is 16.5. The van der Waals surface area contributed by atoms with Gasteiger partial charge in [-0.05, 0) is 45.2 Å². The van der Waals surface area contributed by atoms with Crippen LogP contribution in [0, 0.1) is 0 Å². The van der Waals surface area contributed by atoms with Crippen molar-refractivity contribution in [3.05, 3.63) is 0 Å². The van der Waals surface area contributed by atoms with Crippen LogP contribution in [-0.4, -0.2) is 54.7 Å². The van der Waals surface area contributed by atoms with Crippen molar-refractivity contribution in [2.75, 3.05) is 32.8 Å². The summed E-state index contributed by atoms with van der Waals surface area (Å²) < 4.78 is 5.35. The van der Waals surface area contributed by atoms with E-state index in [9.17, 15) is 9.59 Å². The number of aliphatic carboxylic acids is 1. The number of ether oxygens (including phenoxy) is 1. The van der Waals surface area contributed by atoms with E-state index in [1.165, 1.54) is 57.8 Å². The Bertz CT molecular complexity index is 446. The number of rotatable bonds is 26. The molecule has 0 aliphatic rings. The van der Waals surface area contributed by atoms with E-state index in [1.54, 1.807) is 0 Å². The summed E-state index contributed by atoms with van der Waals surface area (Å²) in [6.07, 6.45) is 20.4. The fraction of sp³-hybridized carbons (Fsp3) is 0.926. The van der Waals surface area contributed by atoms with Gasteiger partial charge in [-0.1, -0.05) is 84.0 Å². The predicted molar refractivity (Wildman–Crippen MR) is 137 cm³/mol. The summed E-state index contributed by atoms with van der Waals surface area (Å²) in [5.41, 5.74) is 5.76. The first-order chi connectivity index (χ1) is 16.1. The molecule has 0 rings (SSSR count). The number of unbranched alkanes of at least 4 members (excludes halogenated alkanes) is 14. The minimum absolute atomic E-state index is 0.0296. The lowest BCUT2D eigenvalue weighted by Crippen LogP contribution is -2.31. The quantitative estimate of drug-likeness (QED) is 0.114. The zero-order valence-electron chi connectivity index (χ0n) is 21.7. The van der Waals surface area contributed by atoms with E-state index >= 15 is 0 Å². The Morgan fingerprint density at radius 1 is 0.667 bits per heavy atom. The fourth-order valence-corrected chi connectivity index (χ4v) is 4.11. The molecule has 196 valence electrons. The first-order valence-corrected chi connectivity index (χ1v) is 13.9. The van der Waals surface area contributed by atoms with Crippen LogP contribution in [-0.2, 0) is 14.3 Å². The summed E-state index contributed by atoms with van der Waals surface area (Å²) in [4.78, 5) is 24.8. The largest absolute Gasteiger partial charge is 0.481 e. The summed E-state index contributed by atoms with van der Waals surface area (Å²) in [7, 11) is 0. The molecule has 0 saturated carbocycles. The molecule has 33 heavy (non-hydrogen) atoms. The maximum absolute atomic E-state index is 11.8. The maximum Gasteiger partial charge on any atom is 0.305 e. The minimum Gasteiger partial charge on any atom is -0.481 e. The summed E-state index contributed by atoms with van der Waals surface area (Å²) in [5, 5.41) is 8.66. The Balaban J connectivity index is 3.50. The Morgan fingerprint density at radius 2 is 1.15 bits per heavy atom. The molecule has 0 aromatic carbocycles. The van der Waals surface area contributed by atoms with E-state index in [2.05, 4.69) is 11.8 Å². The molecule has 0 heterocycles. The van der Waals surface area contributed by atoms with Gasteiger partial charge in [-0.2, -0.15) is 0 Å². The van der Waals surface area contributed by atoms with Crippen LogP contribution in [0.15, 0.2) is 0 Å². The molecule has 0 aromatic heterocycles. The molecule has 0 aliphatic heterocycles. The van der Waals surface area contributed by atoms with Gasteiger partial charge in [-0.15, -0.1) is 0 Å². The monoisotopic (exact) mass is 470 g/mol. The molecule has 0 aliphatic carbocycles. The van der Waals surface area contributed by atoms with Gasteiger partial charge >= 0.3 is 11.9 Å². The Labute approximate surface area is 204 Å². The third-order valence-corrected chi connectivity index (χ3v) is 6.18. The van der Waals surface area contributed by atoms with Gasteiger partial charge in [-0.3, -0.25) is 9.59 Å². The number of carbonyl (C=O) groups excluding carboxylic acids is 1. The average molecular weight is 471 g/mol. The fourth-order valence-electron chi connectivity index (χ4n) is 4.11. The number of carboxylic acids is 1. The van der Waals surface area contributed by atoms with Crippen LogP contribution in [0.25, 0.3) is 0 Å². The van der Waals surface area contributed by atoms with Gasteiger partial charge in [0.1, 0.15) is 0 Å². The number of nitrogens with two attached hydrogens (primary N) is 1. The average Bonchev–Trinajstić information content (AvgIpc) is 2.79. The standard InChI is InChI=1S/C27H54N2O4/c1-2-3-4-5-6-13-18-25-33-27(32)20-15-10-8-12-17-23-29(24-21-28)22-16-11-7-9-14-19-26(30)31/h2-25,28H2,1H3,(H,30,31). The normalized spacial score (nSPS) is 11.2. The van der Waals surface area contributed by atoms with Gasteiger partial charge in [-0.25, -0.2) is 0 Å². The lowest BCUT2D eigenvalue weighted by Gasteiger charge is -2.21. The van der Waals surface area contributed by atoms with E-state index in [1.807, 2.05) is 0 Å². The topological polar surface area (TPSA) is 92.9 Å². The van der Waals surface area contributed by atoms with Crippen LogP contribution in [0.1, 0.15) is 129 Å². The highest BCUT2D eigenvalue weighted by Gasteiger charge is 2.05. The highest BCUT2D eigenvalue weighted by Crippen LogP contribution is 2.10. The molecule has 0 aromatic rings. The second-order valence-electron chi connectivity index (χ2n) is 9.40.